The Morgan fingerprint density at radius 1 is 1.50 bits per heavy atom. The highest BCUT2D eigenvalue weighted by atomic mass is 32.1. The summed E-state index contributed by atoms with van der Waals surface area (Å²) in [4.78, 5) is 8.83. The van der Waals surface area contributed by atoms with Gasteiger partial charge in [-0.25, -0.2) is 4.98 Å². The van der Waals surface area contributed by atoms with Gasteiger partial charge in [0.05, 0.1) is 12.4 Å². The fraction of sp³-hybridized carbons (Fsp3) is 0.600. The van der Waals surface area contributed by atoms with Crippen LogP contribution in [0.2, 0.25) is 0 Å². The minimum Gasteiger partial charge on any atom is -0.367 e. The topological polar surface area (TPSA) is 37.3 Å². The number of nitrogens with one attached hydrogen (secondary N) is 1. The highest BCUT2D eigenvalue weighted by Gasteiger charge is 2.05. The second kappa shape index (κ2) is 4.55. The molecule has 0 atom stereocenters. The zero-order valence-electron chi connectivity index (χ0n) is 8.42. The monoisotopic (exact) mass is 209 g/mol. The summed E-state index contributed by atoms with van der Waals surface area (Å²) in [6.45, 7) is 3.84. The van der Waals surface area contributed by atoms with E-state index < -0.39 is 0 Å². The summed E-state index contributed by atoms with van der Waals surface area (Å²) in [5.74, 6) is 1.16. The molecule has 0 aromatic carbocycles. The van der Waals surface area contributed by atoms with Crippen molar-refractivity contribution in [2.75, 3.05) is 6.54 Å². The maximum absolute atomic E-state index is 4.43. The third-order valence-electron chi connectivity index (χ3n) is 2.23. The minimum absolute atomic E-state index is 0.831. The van der Waals surface area contributed by atoms with E-state index in [1.807, 2.05) is 6.92 Å². The molecule has 0 spiro atoms. The second-order valence-electron chi connectivity index (χ2n) is 3.52. The smallest absolute Gasteiger partial charge is 0.112 e. The molecule has 3 nitrogen and oxygen atoms in total. The van der Waals surface area contributed by atoms with Crippen LogP contribution in [-0.2, 0) is 6.54 Å². The number of aromatic nitrogens is 1. The van der Waals surface area contributed by atoms with E-state index in [0.717, 1.165) is 36.0 Å². The zero-order chi connectivity index (χ0) is 9.80. The average Bonchev–Trinajstić information content (AvgIpc) is 2.63. The van der Waals surface area contributed by atoms with Crippen molar-refractivity contribution in [3.63, 3.8) is 0 Å². The molecule has 0 saturated carbocycles. The lowest BCUT2D eigenvalue weighted by molar-refractivity contribution is 0.705. The van der Waals surface area contributed by atoms with Crippen LogP contribution in [0, 0.1) is 6.92 Å². The fourth-order valence-electron chi connectivity index (χ4n) is 1.50. The van der Waals surface area contributed by atoms with Crippen LogP contribution in [0.25, 0.3) is 0 Å². The van der Waals surface area contributed by atoms with E-state index in [-0.39, 0.29) is 0 Å². The van der Waals surface area contributed by atoms with Gasteiger partial charge in [0, 0.05) is 24.0 Å². The fourth-order valence-corrected chi connectivity index (χ4v) is 2.21. The van der Waals surface area contributed by atoms with E-state index >= 15 is 0 Å². The molecule has 1 aliphatic rings. The lowest BCUT2D eigenvalue weighted by Gasteiger charge is -2.12. The van der Waals surface area contributed by atoms with Gasteiger partial charge in [-0.3, -0.25) is 4.99 Å². The zero-order valence-corrected chi connectivity index (χ0v) is 9.23. The van der Waals surface area contributed by atoms with E-state index in [4.69, 9.17) is 0 Å². The first-order chi connectivity index (χ1) is 6.84. The summed E-state index contributed by atoms with van der Waals surface area (Å²) in [5.41, 5.74) is 1.11. The van der Waals surface area contributed by atoms with Gasteiger partial charge in [0.1, 0.15) is 5.01 Å². The van der Waals surface area contributed by atoms with Gasteiger partial charge in [0.2, 0.25) is 0 Å². The van der Waals surface area contributed by atoms with E-state index in [1.54, 1.807) is 11.3 Å². The minimum atomic E-state index is 0.831. The highest BCUT2D eigenvalue weighted by Crippen LogP contribution is 2.09. The molecule has 0 saturated heterocycles. The number of hydrogen-bond acceptors (Lipinski definition) is 4. The van der Waals surface area contributed by atoms with Crippen molar-refractivity contribution in [3.05, 3.63) is 16.1 Å². The summed E-state index contributed by atoms with van der Waals surface area (Å²) in [5, 5.41) is 6.58. The van der Waals surface area contributed by atoms with Gasteiger partial charge < -0.3 is 5.32 Å². The van der Waals surface area contributed by atoms with Gasteiger partial charge >= 0.3 is 0 Å². The maximum atomic E-state index is 4.43. The molecule has 14 heavy (non-hydrogen) atoms. The first kappa shape index (κ1) is 9.65. The van der Waals surface area contributed by atoms with Gasteiger partial charge in [-0.2, -0.15) is 0 Å². The maximum Gasteiger partial charge on any atom is 0.112 e. The number of aryl methyl sites for hydroxylation is 1. The molecule has 2 rings (SSSR count). The first-order valence-corrected chi connectivity index (χ1v) is 5.91. The van der Waals surface area contributed by atoms with Crippen molar-refractivity contribution in [2.24, 2.45) is 4.99 Å². The molecule has 1 N–H and O–H groups in total. The average molecular weight is 209 g/mol. The molecule has 4 heteroatoms. The van der Waals surface area contributed by atoms with Gasteiger partial charge in [-0.1, -0.05) is 0 Å². The third-order valence-corrected chi connectivity index (χ3v) is 3.20. The number of rotatable bonds is 2. The number of nitrogens with zero attached hydrogens (tertiary/aromatic N) is 2. The van der Waals surface area contributed by atoms with Crippen LogP contribution in [0.15, 0.2) is 10.4 Å². The summed E-state index contributed by atoms with van der Waals surface area (Å²) in [6, 6.07) is 0. The lowest BCUT2D eigenvalue weighted by atomic mass is 10.2. The van der Waals surface area contributed by atoms with Gasteiger partial charge in [-0.15, -0.1) is 11.3 Å². The molecule has 0 amide bonds. The van der Waals surface area contributed by atoms with Gasteiger partial charge in [-0.05, 0) is 19.8 Å². The number of amidine groups is 1. The highest BCUT2D eigenvalue weighted by molar-refractivity contribution is 7.09. The Labute approximate surface area is 88.3 Å². The Hall–Kier alpha value is -0.900. The molecule has 0 bridgehead atoms. The Kier molecular flexibility index (Phi) is 3.14. The molecule has 76 valence electrons. The van der Waals surface area contributed by atoms with E-state index in [2.05, 4.69) is 20.7 Å². The number of hydrogen-bond donors (Lipinski definition) is 1. The quantitative estimate of drug-likeness (QED) is 0.810. The van der Waals surface area contributed by atoms with Gasteiger partial charge in [0.15, 0.2) is 0 Å². The Morgan fingerprint density at radius 2 is 2.43 bits per heavy atom. The van der Waals surface area contributed by atoms with Crippen LogP contribution >= 0.6 is 11.3 Å². The molecule has 0 aliphatic carbocycles. The van der Waals surface area contributed by atoms with E-state index in [9.17, 15) is 0 Å². The molecule has 1 aromatic heterocycles. The molecular formula is C10H15N3S. The summed E-state index contributed by atoms with van der Waals surface area (Å²) >= 11 is 1.71. The molecule has 0 radical (unpaired) electrons. The predicted molar refractivity (Wildman–Crippen MR) is 59.8 cm³/mol. The van der Waals surface area contributed by atoms with Crippen molar-refractivity contribution >= 4 is 17.2 Å². The second-order valence-corrected chi connectivity index (χ2v) is 4.46. The number of aliphatic imine (C=N–C) groups is 1. The summed E-state index contributed by atoms with van der Waals surface area (Å²) in [6.07, 6.45) is 3.61. The van der Waals surface area contributed by atoms with Gasteiger partial charge in [0.25, 0.3) is 0 Å². The first-order valence-electron chi connectivity index (χ1n) is 5.03. The van der Waals surface area contributed by atoms with Crippen LogP contribution in [-0.4, -0.2) is 17.4 Å². The van der Waals surface area contributed by atoms with Crippen LogP contribution < -0.4 is 5.32 Å². The van der Waals surface area contributed by atoms with Crippen LogP contribution in [0.5, 0.6) is 0 Å². The van der Waals surface area contributed by atoms with Crippen molar-refractivity contribution < 1.29 is 0 Å². The Balaban J connectivity index is 1.84. The van der Waals surface area contributed by atoms with Crippen molar-refractivity contribution in [1.29, 1.82) is 0 Å². The van der Waals surface area contributed by atoms with Crippen molar-refractivity contribution in [1.82, 2.24) is 10.3 Å². The lowest BCUT2D eigenvalue weighted by Crippen LogP contribution is -2.25. The SMILES string of the molecule is Cc1csc(CNC2=NCCCC2)n1. The summed E-state index contributed by atoms with van der Waals surface area (Å²) < 4.78 is 0. The molecule has 2 heterocycles. The molecular weight excluding hydrogens is 194 g/mol. The van der Waals surface area contributed by atoms with Crippen molar-refractivity contribution in [2.45, 2.75) is 32.7 Å². The predicted octanol–water partition coefficient (Wildman–Crippen LogP) is 2.12. The van der Waals surface area contributed by atoms with Crippen LogP contribution in [0.4, 0.5) is 0 Å². The standard InChI is InChI=1S/C10H15N3S/c1-8-7-14-10(13-8)6-12-9-4-2-3-5-11-9/h7H,2-6H2,1H3,(H,11,12). The van der Waals surface area contributed by atoms with E-state index in [0.29, 0.717) is 0 Å². The molecule has 0 unspecified atom stereocenters. The Morgan fingerprint density at radius 3 is 3.07 bits per heavy atom. The summed E-state index contributed by atoms with van der Waals surface area (Å²) in [7, 11) is 0. The third kappa shape index (κ3) is 2.54. The Bertz CT molecular complexity index is 330. The van der Waals surface area contributed by atoms with E-state index in [1.165, 1.54) is 12.8 Å². The van der Waals surface area contributed by atoms with Crippen molar-refractivity contribution in [3.8, 4) is 0 Å². The largest absolute Gasteiger partial charge is 0.367 e. The number of thiazole rings is 1. The van der Waals surface area contributed by atoms with Crippen LogP contribution in [0.3, 0.4) is 0 Å². The normalized spacial score (nSPS) is 16.5. The van der Waals surface area contributed by atoms with Crippen LogP contribution in [0.1, 0.15) is 30.0 Å². The molecule has 0 fully saturated rings. The molecule has 1 aliphatic heterocycles. The molecule has 1 aromatic rings.